The average Bonchev–Trinajstić information content (AvgIpc) is 2.10. The van der Waals surface area contributed by atoms with Gasteiger partial charge in [-0.25, -0.2) is 9.78 Å². The molecule has 5 heteroatoms. The van der Waals surface area contributed by atoms with Crippen molar-refractivity contribution in [2.75, 3.05) is 12.8 Å². The van der Waals surface area contributed by atoms with Gasteiger partial charge in [0.2, 0.25) is 0 Å². The molecular weight excluding hydrogens is 192 g/mol. The van der Waals surface area contributed by atoms with Crippen LogP contribution in [0.25, 0.3) is 0 Å². The lowest BCUT2D eigenvalue weighted by atomic mass is 10.2. The van der Waals surface area contributed by atoms with Crippen LogP contribution in [0.2, 0.25) is 5.15 Å². The zero-order valence-corrected chi connectivity index (χ0v) is 8.05. The fourth-order valence-corrected chi connectivity index (χ4v) is 1.14. The van der Waals surface area contributed by atoms with Crippen molar-refractivity contribution in [3.8, 4) is 0 Å². The van der Waals surface area contributed by atoms with Crippen molar-refractivity contribution in [1.29, 1.82) is 0 Å². The molecule has 0 radical (unpaired) electrons. The highest BCUT2D eigenvalue weighted by molar-refractivity contribution is 6.29. The quantitative estimate of drug-likeness (QED) is 0.550. The van der Waals surface area contributed by atoms with E-state index in [9.17, 15) is 4.79 Å². The van der Waals surface area contributed by atoms with Crippen molar-refractivity contribution >= 4 is 23.3 Å². The van der Waals surface area contributed by atoms with Gasteiger partial charge in [0.15, 0.2) is 5.69 Å². The van der Waals surface area contributed by atoms with E-state index in [1.54, 1.807) is 13.0 Å². The Bertz CT molecular complexity index is 352. The van der Waals surface area contributed by atoms with Crippen LogP contribution in [0.1, 0.15) is 16.1 Å². The summed E-state index contributed by atoms with van der Waals surface area (Å²) in [7, 11) is 1.26. The number of aromatic nitrogens is 1. The van der Waals surface area contributed by atoms with E-state index in [0.717, 1.165) is 0 Å². The molecule has 1 heterocycles. The molecule has 2 N–H and O–H groups in total. The second-order valence-electron chi connectivity index (χ2n) is 2.52. The number of esters is 1. The lowest BCUT2D eigenvalue weighted by molar-refractivity contribution is 0.0595. The van der Waals surface area contributed by atoms with Crippen LogP contribution in [0, 0.1) is 6.92 Å². The van der Waals surface area contributed by atoms with Crippen LogP contribution in [0.15, 0.2) is 6.07 Å². The molecule has 13 heavy (non-hydrogen) atoms. The first-order chi connectivity index (χ1) is 6.06. The number of carbonyl (C=O) groups excluding carboxylic acids is 1. The zero-order valence-electron chi connectivity index (χ0n) is 7.30. The molecule has 0 bridgehead atoms. The Morgan fingerprint density at radius 1 is 1.69 bits per heavy atom. The average molecular weight is 201 g/mol. The maximum absolute atomic E-state index is 11.1. The smallest absolute Gasteiger partial charge is 0.358 e. The molecule has 1 aromatic heterocycles. The molecule has 0 aliphatic heterocycles. The van der Waals surface area contributed by atoms with E-state index in [4.69, 9.17) is 17.3 Å². The maximum atomic E-state index is 11.1. The largest absolute Gasteiger partial charge is 0.464 e. The number of anilines is 1. The molecule has 1 aromatic rings. The SMILES string of the molecule is COC(=O)c1nc(Cl)cc(C)c1N. The lowest BCUT2D eigenvalue weighted by Gasteiger charge is -2.05. The van der Waals surface area contributed by atoms with Crippen LogP contribution < -0.4 is 5.73 Å². The van der Waals surface area contributed by atoms with Gasteiger partial charge >= 0.3 is 5.97 Å². The van der Waals surface area contributed by atoms with E-state index in [-0.39, 0.29) is 10.8 Å². The predicted octanol–water partition coefficient (Wildman–Crippen LogP) is 1.41. The second-order valence-corrected chi connectivity index (χ2v) is 2.90. The summed E-state index contributed by atoms with van der Waals surface area (Å²) < 4.78 is 4.49. The van der Waals surface area contributed by atoms with E-state index >= 15 is 0 Å². The number of hydrogen-bond acceptors (Lipinski definition) is 4. The number of aryl methyl sites for hydroxylation is 1. The topological polar surface area (TPSA) is 65.2 Å². The summed E-state index contributed by atoms with van der Waals surface area (Å²) in [6.45, 7) is 1.75. The minimum Gasteiger partial charge on any atom is -0.464 e. The monoisotopic (exact) mass is 200 g/mol. The molecule has 4 nitrogen and oxygen atoms in total. The number of hydrogen-bond donors (Lipinski definition) is 1. The number of rotatable bonds is 1. The fraction of sp³-hybridized carbons (Fsp3) is 0.250. The molecule has 0 amide bonds. The summed E-state index contributed by atoms with van der Waals surface area (Å²) in [6, 6.07) is 1.59. The number of methoxy groups -OCH3 is 1. The highest BCUT2D eigenvalue weighted by atomic mass is 35.5. The summed E-state index contributed by atoms with van der Waals surface area (Å²) >= 11 is 5.65. The zero-order chi connectivity index (χ0) is 10.0. The van der Waals surface area contributed by atoms with Crippen molar-refractivity contribution < 1.29 is 9.53 Å². The highest BCUT2D eigenvalue weighted by Gasteiger charge is 2.14. The van der Waals surface area contributed by atoms with Crippen molar-refractivity contribution in [2.45, 2.75) is 6.92 Å². The lowest BCUT2D eigenvalue weighted by Crippen LogP contribution is -2.09. The highest BCUT2D eigenvalue weighted by Crippen LogP contribution is 2.19. The van der Waals surface area contributed by atoms with Crippen LogP contribution in [-0.2, 0) is 4.74 Å². The Morgan fingerprint density at radius 3 is 2.85 bits per heavy atom. The number of nitrogens with two attached hydrogens (primary N) is 1. The molecule has 0 atom stereocenters. The standard InChI is InChI=1S/C8H9ClN2O2/c1-4-3-5(9)11-7(6(4)10)8(12)13-2/h3H,10H2,1-2H3. The third-order valence-electron chi connectivity index (χ3n) is 1.61. The molecule has 0 saturated carbocycles. The summed E-state index contributed by atoms with van der Waals surface area (Å²) in [5.74, 6) is -0.580. The molecule has 1 rings (SSSR count). The van der Waals surface area contributed by atoms with Gasteiger partial charge in [0.1, 0.15) is 5.15 Å². The first kappa shape index (κ1) is 9.80. The van der Waals surface area contributed by atoms with Gasteiger partial charge < -0.3 is 10.5 Å². The second kappa shape index (κ2) is 3.62. The van der Waals surface area contributed by atoms with Crippen molar-refractivity contribution in [1.82, 2.24) is 4.98 Å². The Labute approximate surface area is 80.7 Å². The first-order valence-corrected chi connectivity index (χ1v) is 3.95. The molecule has 0 spiro atoms. The molecule has 0 fully saturated rings. The maximum Gasteiger partial charge on any atom is 0.358 e. The van der Waals surface area contributed by atoms with Gasteiger partial charge in [-0.15, -0.1) is 0 Å². The van der Waals surface area contributed by atoms with Crippen LogP contribution in [-0.4, -0.2) is 18.1 Å². The number of halogens is 1. The van der Waals surface area contributed by atoms with Crippen molar-refractivity contribution in [3.05, 3.63) is 22.5 Å². The van der Waals surface area contributed by atoms with E-state index in [2.05, 4.69) is 9.72 Å². The number of nitrogens with zero attached hydrogens (tertiary/aromatic N) is 1. The first-order valence-electron chi connectivity index (χ1n) is 3.57. The Kier molecular flexibility index (Phi) is 2.72. The molecule has 0 saturated heterocycles. The van der Waals surface area contributed by atoms with Gasteiger partial charge in [-0.3, -0.25) is 0 Å². The molecule has 0 aliphatic rings. The van der Waals surface area contributed by atoms with Gasteiger partial charge in [-0.1, -0.05) is 11.6 Å². The van der Waals surface area contributed by atoms with Crippen LogP contribution in [0.4, 0.5) is 5.69 Å². The number of ether oxygens (including phenoxy) is 1. The molecular formula is C8H9ClN2O2. The number of carbonyl (C=O) groups is 1. The van der Waals surface area contributed by atoms with E-state index in [1.165, 1.54) is 7.11 Å². The van der Waals surface area contributed by atoms with Crippen molar-refractivity contribution in [3.63, 3.8) is 0 Å². The van der Waals surface area contributed by atoms with E-state index in [0.29, 0.717) is 11.3 Å². The summed E-state index contributed by atoms with van der Waals surface area (Å²) in [5.41, 5.74) is 6.68. The number of pyridine rings is 1. The molecule has 70 valence electrons. The Balaban J connectivity index is 3.28. The van der Waals surface area contributed by atoms with Crippen LogP contribution in [0.5, 0.6) is 0 Å². The van der Waals surface area contributed by atoms with Crippen LogP contribution >= 0.6 is 11.6 Å². The normalized spacial score (nSPS) is 9.77. The number of nitrogen functional groups attached to an aromatic ring is 1. The molecule has 0 aromatic carbocycles. The van der Waals surface area contributed by atoms with Gasteiger partial charge in [-0.05, 0) is 18.6 Å². The van der Waals surface area contributed by atoms with Gasteiger partial charge in [0, 0.05) is 0 Å². The minimum absolute atomic E-state index is 0.0625. The Morgan fingerprint density at radius 2 is 2.31 bits per heavy atom. The van der Waals surface area contributed by atoms with Crippen molar-refractivity contribution in [2.24, 2.45) is 0 Å². The molecule has 0 aliphatic carbocycles. The third-order valence-corrected chi connectivity index (χ3v) is 1.81. The van der Waals surface area contributed by atoms with Gasteiger partial charge in [0.05, 0.1) is 12.8 Å². The van der Waals surface area contributed by atoms with E-state index in [1.807, 2.05) is 0 Å². The molecule has 0 unspecified atom stereocenters. The predicted molar refractivity (Wildman–Crippen MR) is 49.7 cm³/mol. The summed E-state index contributed by atoms with van der Waals surface area (Å²) in [4.78, 5) is 14.9. The fourth-order valence-electron chi connectivity index (χ4n) is 0.895. The third kappa shape index (κ3) is 1.89. The van der Waals surface area contributed by atoms with E-state index < -0.39 is 5.97 Å². The summed E-state index contributed by atoms with van der Waals surface area (Å²) in [5, 5.41) is 0.229. The minimum atomic E-state index is -0.580. The summed E-state index contributed by atoms with van der Waals surface area (Å²) in [6.07, 6.45) is 0. The van der Waals surface area contributed by atoms with Gasteiger partial charge in [0.25, 0.3) is 0 Å². The van der Waals surface area contributed by atoms with Gasteiger partial charge in [-0.2, -0.15) is 0 Å². The Hall–Kier alpha value is -1.29. The van der Waals surface area contributed by atoms with Crippen LogP contribution in [0.3, 0.4) is 0 Å².